The molecule has 0 aliphatic heterocycles. The topological polar surface area (TPSA) is 74.2 Å². The fourth-order valence-electron chi connectivity index (χ4n) is 2.41. The van der Waals surface area contributed by atoms with Crippen molar-refractivity contribution in [2.24, 2.45) is 0 Å². The summed E-state index contributed by atoms with van der Waals surface area (Å²) >= 11 is 0. The molecule has 7 heteroatoms. The van der Waals surface area contributed by atoms with Gasteiger partial charge in [-0.15, -0.1) is 0 Å². The Labute approximate surface area is 150 Å². The van der Waals surface area contributed by atoms with Crippen LogP contribution in [-0.2, 0) is 4.79 Å². The van der Waals surface area contributed by atoms with Gasteiger partial charge in [0.1, 0.15) is 11.6 Å². The van der Waals surface area contributed by atoms with Crippen molar-refractivity contribution >= 4 is 17.6 Å². The Bertz CT molecular complexity index is 819. The van der Waals surface area contributed by atoms with Crippen molar-refractivity contribution in [1.82, 2.24) is 0 Å². The molecule has 0 heterocycles. The highest BCUT2D eigenvalue weighted by Crippen LogP contribution is 2.40. The summed E-state index contributed by atoms with van der Waals surface area (Å²) in [7, 11) is 5.71. The van der Waals surface area contributed by atoms with E-state index in [9.17, 15) is 14.3 Å². The Morgan fingerprint density at radius 2 is 1.58 bits per heavy atom. The lowest BCUT2D eigenvalue weighted by Crippen LogP contribution is -2.03. The second-order valence-corrected chi connectivity index (χ2v) is 5.16. The minimum Gasteiger partial charge on any atom is -0.497 e. The minimum absolute atomic E-state index is 0.108. The SMILES string of the molecule is COc1ccc(/C=C(/C(=O)O)c2cc(OC)c(OC)c(OC)c2)c(F)c1. The van der Waals surface area contributed by atoms with Crippen LogP contribution in [0.15, 0.2) is 30.3 Å². The van der Waals surface area contributed by atoms with Crippen molar-refractivity contribution in [2.45, 2.75) is 0 Å². The molecule has 0 spiro atoms. The van der Waals surface area contributed by atoms with Crippen LogP contribution in [0.5, 0.6) is 23.0 Å². The number of benzene rings is 2. The highest BCUT2D eigenvalue weighted by molar-refractivity contribution is 6.20. The van der Waals surface area contributed by atoms with Crippen molar-refractivity contribution in [2.75, 3.05) is 28.4 Å². The molecule has 0 amide bonds. The lowest BCUT2D eigenvalue weighted by molar-refractivity contribution is -0.130. The average Bonchev–Trinajstić information content (AvgIpc) is 2.65. The molecule has 0 atom stereocenters. The first kappa shape index (κ1) is 19.1. The van der Waals surface area contributed by atoms with Crippen LogP contribution in [0, 0.1) is 5.82 Å². The zero-order valence-corrected chi connectivity index (χ0v) is 14.8. The summed E-state index contributed by atoms with van der Waals surface area (Å²) in [6.07, 6.45) is 1.23. The van der Waals surface area contributed by atoms with E-state index in [-0.39, 0.29) is 16.7 Å². The van der Waals surface area contributed by atoms with Gasteiger partial charge in [0, 0.05) is 11.6 Å². The van der Waals surface area contributed by atoms with Crippen molar-refractivity contribution < 1.29 is 33.2 Å². The van der Waals surface area contributed by atoms with Crippen LogP contribution in [0.1, 0.15) is 11.1 Å². The van der Waals surface area contributed by atoms with Crippen molar-refractivity contribution in [3.05, 3.63) is 47.3 Å². The Morgan fingerprint density at radius 1 is 0.962 bits per heavy atom. The molecule has 0 radical (unpaired) electrons. The number of hydrogen-bond donors (Lipinski definition) is 1. The number of methoxy groups -OCH3 is 4. The van der Waals surface area contributed by atoms with Gasteiger partial charge in [-0.05, 0) is 35.9 Å². The van der Waals surface area contributed by atoms with Gasteiger partial charge in [0.2, 0.25) is 5.75 Å². The third kappa shape index (κ3) is 3.88. The first-order chi connectivity index (χ1) is 12.4. The van der Waals surface area contributed by atoms with Crippen molar-refractivity contribution in [1.29, 1.82) is 0 Å². The van der Waals surface area contributed by atoms with Crippen LogP contribution >= 0.6 is 0 Å². The zero-order valence-electron chi connectivity index (χ0n) is 14.8. The molecule has 2 aromatic rings. The predicted octanol–water partition coefficient (Wildman–Crippen LogP) is 3.49. The van der Waals surface area contributed by atoms with Crippen molar-refractivity contribution in [3.8, 4) is 23.0 Å². The maximum absolute atomic E-state index is 14.2. The molecule has 0 aliphatic carbocycles. The number of carboxylic acid groups (broad SMARTS) is 1. The second kappa shape index (κ2) is 8.24. The number of carboxylic acids is 1. The van der Waals surface area contributed by atoms with Gasteiger partial charge in [-0.3, -0.25) is 0 Å². The normalized spacial score (nSPS) is 11.0. The van der Waals surface area contributed by atoms with Gasteiger partial charge >= 0.3 is 5.97 Å². The number of carbonyl (C=O) groups is 1. The van der Waals surface area contributed by atoms with E-state index in [0.717, 1.165) is 0 Å². The number of rotatable bonds is 7. The summed E-state index contributed by atoms with van der Waals surface area (Å²) in [6, 6.07) is 7.14. The molecule has 26 heavy (non-hydrogen) atoms. The van der Waals surface area contributed by atoms with Gasteiger partial charge < -0.3 is 24.1 Å². The van der Waals surface area contributed by atoms with E-state index in [1.807, 2.05) is 0 Å². The maximum Gasteiger partial charge on any atom is 0.336 e. The van der Waals surface area contributed by atoms with Gasteiger partial charge in [0.25, 0.3) is 0 Å². The smallest absolute Gasteiger partial charge is 0.336 e. The number of halogens is 1. The first-order valence-corrected chi connectivity index (χ1v) is 7.54. The van der Waals surface area contributed by atoms with E-state index in [4.69, 9.17) is 18.9 Å². The van der Waals surface area contributed by atoms with Crippen LogP contribution in [-0.4, -0.2) is 39.5 Å². The van der Waals surface area contributed by atoms with Gasteiger partial charge in [0.05, 0.1) is 34.0 Å². The molecule has 0 aliphatic rings. The summed E-state index contributed by atoms with van der Waals surface area (Å²) in [5.41, 5.74) is 0.257. The van der Waals surface area contributed by atoms with E-state index in [2.05, 4.69) is 0 Å². The molecular formula is C19H19FO6. The lowest BCUT2D eigenvalue weighted by atomic mass is 10.0. The van der Waals surface area contributed by atoms with Crippen LogP contribution in [0.2, 0.25) is 0 Å². The Hall–Kier alpha value is -3.22. The van der Waals surface area contributed by atoms with E-state index >= 15 is 0 Å². The Morgan fingerprint density at radius 3 is 2.00 bits per heavy atom. The molecule has 1 N–H and O–H groups in total. The summed E-state index contributed by atoms with van der Waals surface area (Å²) < 4.78 is 34.8. The molecule has 2 rings (SSSR count). The molecule has 6 nitrogen and oxygen atoms in total. The molecule has 2 aromatic carbocycles. The van der Waals surface area contributed by atoms with Crippen molar-refractivity contribution in [3.63, 3.8) is 0 Å². The van der Waals surface area contributed by atoms with Gasteiger partial charge in [-0.25, -0.2) is 9.18 Å². The molecule has 138 valence electrons. The maximum atomic E-state index is 14.2. The molecule has 0 unspecified atom stereocenters. The van der Waals surface area contributed by atoms with Gasteiger partial charge in [-0.2, -0.15) is 0 Å². The predicted molar refractivity (Wildman–Crippen MR) is 94.6 cm³/mol. The third-order valence-electron chi connectivity index (χ3n) is 3.71. The molecular weight excluding hydrogens is 343 g/mol. The second-order valence-electron chi connectivity index (χ2n) is 5.16. The Kier molecular flexibility index (Phi) is 6.06. The van der Waals surface area contributed by atoms with E-state index in [1.54, 1.807) is 6.07 Å². The van der Waals surface area contributed by atoms with E-state index in [0.29, 0.717) is 23.0 Å². The molecule has 0 saturated heterocycles. The summed E-state index contributed by atoms with van der Waals surface area (Å²) in [5.74, 6) is -0.568. The number of hydrogen-bond acceptors (Lipinski definition) is 5. The largest absolute Gasteiger partial charge is 0.497 e. The highest BCUT2D eigenvalue weighted by Gasteiger charge is 2.19. The number of ether oxygens (including phenoxy) is 4. The quantitative estimate of drug-likeness (QED) is 0.600. The molecule has 0 aromatic heterocycles. The molecule has 0 saturated carbocycles. The van der Waals surface area contributed by atoms with Gasteiger partial charge in [-0.1, -0.05) is 0 Å². The summed E-state index contributed by atoms with van der Waals surface area (Å²) in [6.45, 7) is 0. The summed E-state index contributed by atoms with van der Waals surface area (Å²) in [5, 5.41) is 9.61. The molecule has 0 bridgehead atoms. The summed E-state index contributed by atoms with van der Waals surface area (Å²) in [4.78, 5) is 11.8. The van der Waals surface area contributed by atoms with Crippen LogP contribution in [0.25, 0.3) is 11.6 Å². The monoisotopic (exact) mass is 362 g/mol. The first-order valence-electron chi connectivity index (χ1n) is 7.54. The van der Waals surface area contributed by atoms with E-state index in [1.165, 1.54) is 58.8 Å². The standard InChI is InChI=1S/C19H19FO6/c1-23-13-6-5-11(15(20)10-13)7-14(19(21)22)12-8-16(24-2)18(26-4)17(9-12)25-3/h5-10H,1-4H3,(H,21,22)/b14-7+. The minimum atomic E-state index is -1.23. The Balaban J connectivity index is 2.62. The lowest BCUT2D eigenvalue weighted by Gasteiger charge is -2.14. The van der Waals surface area contributed by atoms with Crippen LogP contribution in [0.4, 0.5) is 4.39 Å². The van der Waals surface area contributed by atoms with Crippen LogP contribution in [0.3, 0.4) is 0 Å². The molecule has 0 fully saturated rings. The average molecular weight is 362 g/mol. The third-order valence-corrected chi connectivity index (χ3v) is 3.71. The number of aliphatic carboxylic acids is 1. The van der Waals surface area contributed by atoms with Gasteiger partial charge in [0.15, 0.2) is 11.5 Å². The zero-order chi connectivity index (χ0) is 19.3. The fourth-order valence-corrected chi connectivity index (χ4v) is 2.41. The van der Waals surface area contributed by atoms with Crippen LogP contribution < -0.4 is 18.9 Å². The van der Waals surface area contributed by atoms with E-state index < -0.39 is 11.8 Å². The fraction of sp³-hybridized carbons (Fsp3) is 0.211. The highest BCUT2D eigenvalue weighted by atomic mass is 19.1.